The summed E-state index contributed by atoms with van der Waals surface area (Å²) in [6.07, 6.45) is 5.93. The van der Waals surface area contributed by atoms with Crippen LogP contribution in [-0.4, -0.2) is 27.3 Å². The molecule has 1 aliphatic heterocycles. The highest BCUT2D eigenvalue weighted by Crippen LogP contribution is 2.28. The van der Waals surface area contributed by atoms with Gasteiger partial charge in [-0.05, 0) is 37.5 Å². The SMILES string of the molecule is CCCCCn1c(SC2CCCCNC2=O)nc2ccc(Br)cc2c1=O. The lowest BCUT2D eigenvalue weighted by molar-refractivity contribution is -0.120. The van der Waals surface area contributed by atoms with Gasteiger partial charge in [0, 0.05) is 17.6 Å². The molecule has 1 aromatic carbocycles. The number of unbranched alkanes of at least 4 members (excludes halogenated alkanes) is 2. The molecule has 1 fully saturated rings. The minimum absolute atomic E-state index is 0.0241. The van der Waals surface area contributed by atoms with Gasteiger partial charge in [-0.15, -0.1) is 0 Å². The maximum Gasteiger partial charge on any atom is 0.262 e. The maximum absolute atomic E-state index is 13.1. The third-order valence-corrected chi connectivity index (χ3v) is 6.35. The zero-order valence-electron chi connectivity index (χ0n) is 15.0. The second-order valence-electron chi connectivity index (χ2n) is 6.61. The summed E-state index contributed by atoms with van der Waals surface area (Å²) in [6, 6.07) is 5.57. The molecule has 5 nitrogen and oxygen atoms in total. The maximum atomic E-state index is 13.1. The molecule has 7 heteroatoms. The normalized spacial score (nSPS) is 17.9. The fourth-order valence-corrected chi connectivity index (χ4v) is 4.67. The summed E-state index contributed by atoms with van der Waals surface area (Å²) in [5.41, 5.74) is 0.658. The Morgan fingerprint density at radius 3 is 2.96 bits per heavy atom. The van der Waals surface area contributed by atoms with Crippen molar-refractivity contribution in [1.82, 2.24) is 14.9 Å². The molecule has 1 aromatic heterocycles. The van der Waals surface area contributed by atoms with Crippen molar-refractivity contribution < 1.29 is 4.79 Å². The molecule has 26 heavy (non-hydrogen) atoms. The zero-order chi connectivity index (χ0) is 18.5. The molecular weight excluding hydrogens is 414 g/mol. The number of carbonyl (C=O) groups is 1. The summed E-state index contributed by atoms with van der Waals surface area (Å²) >= 11 is 4.87. The highest BCUT2D eigenvalue weighted by atomic mass is 79.9. The second kappa shape index (κ2) is 9.04. The van der Waals surface area contributed by atoms with E-state index in [0.717, 1.165) is 49.5 Å². The summed E-state index contributed by atoms with van der Waals surface area (Å²) in [7, 11) is 0. The monoisotopic (exact) mass is 437 g/mol. The topological polar surface area (TPSA) is 64.0 Å². The quantitative estimate of drug-likeness (QED) is 0.545. The number of hydrogen-bond acceptors (Lipinski definition) is 4. The summed E-state index contributed by atoms with van der Waals surface area (Å²) < 4.78 is 2.63. The van der Waals surface area contributed by atoms with E-state index in [1.54, 1.807) is 4.57 Å². The molecule has 1 N–H and O–H groups in total. The number of halogens is 1. The smallest absolute Gasteiger partial charge is 0.262 e. The molecule has 0 spiro atoms. The predicted molar refractivity (Wildman–Crippen MR) is 110 cm³/mol. The van der Waals surface area contributed by atoms with E-state index in [0.29, 0.717) is 22.6 Å². The molecule has 0 saturated carbocycles. The van der Waals surface area contributed by atoms with Gasteiger partial charge in [0.1, 0.15) is 0 Å². The number of amides is 1. The molecule has 1 atom stereocenters. The zero-order valence-corrected chi connectivity index (χ0v) is 17.4. The van der Waals surface area contributed by atoms with E-state index >= 15 is 0 Å². The standard InChI is InChI=1S/C19H24BrN3O2S/c1-2-3-6-11-23-18(25)14-12-13(20)8-9-15(14)22-19(23)26-16-7-4-5-10-21-17(16)24/h8-9,12,16H,2-7,10-11H2,1H3,(H,21,24). The van der Waals surface area contributed by atoms with Gasteiger partial charge >= 0.3 is 0 Å². The third-order valence-electron chi connectivity index (χ3n) is 4.60. The van der Waals surface area contributed by atoms with Crippen molar-refractivity contribution in [2.24, 2.45) is 0 Å². The van der Waals surface area contributed by atoms with Crippen molar-refractivity contribution in [3.05, 3.63) is 33.0 Å². The third kappa shape index (κ3) is 4.49. The minimum atomic E-state index is -0.185. The molecule has 1 aliphatic rings. The molecule has 3 rings (SSSR count). The molecule has 1 unspecified atom stereocenters. The van der Waals surface area contributed by atoms with Gasteiger partial charge in [-0.1, -0.05) is 53.9 Å². The van der Waals surface area contributed by atoms with Gasteiger partial charge in [0.05, 0.1) is 16.2 Å². The lowest BCUT2D eigenvalue weighted by atomic mass is 10.2. The van der Waals surface area contributed by atoms with Crippen LogP contribution in [0, 0.1) is 0 Å². The fourth-order valence-electron chi connectivity index (χ4n) is 3.13. The number of thioether (sulfide) groups is 1. The number of fused-ring (bicyclic) bond motifs is 1. The Bertz CT molecular complexity index is 853. The first kappa shape index (κ1) is 19.4. The predicted octanol–water partition coefficient (Wildman–Crippen LogP) is 4.11. The van der Waals surface area contributed by atoms with Gasteiger partial charge in [0.2, 0.25) is 5.91 Å². The molecule has 0 radical (unpaired) electrons. The van der Waals surface area contributed by atoms with Gasteiger partial charge in [0.25, 0.3) is 5.56 Å². The number of rotatable bonds is 6. The number of aromatic nitrogens is 2. The van der Waals surface area contributed by atoms with Gasteiger partial charge in [-0.25, -0.2) is 4.98 Å². The highest BCUT2D eigenvalue weighted by Gasteiger charge is 2.24. The Morgan fingerprint density at radius 1 is 1.31 bits per heavy atom. The van der Waals surface area contributed by atoms with E-state index in [1.807, 2.05) is 18.2 Å². The lowest BCUT2D eigenvalue weighted by Crippen LogP contribution is -2.32. The number of nitrogens with one attached hydrogen (secondary N) is 1. The molecular formula is C19H24BrN3O2S. The largest absolute Gasteiger partial charge is 0.355 e. The Morgan fingerprint density at radius 2 is 2.15 bits per heavy atom. The van der Waals surface area contributed by atoms with Crippen LogP contribution in [-0.2, 0) is 11.3 Å². The number of nitrogens with zero attached hydrogens (tertiary/aromatic N) is 2. The Balaban J connectivity index is 2.00. The Hall–Kier alpha value is -1.34. The first-order valence-corrected chi connectivity index (χ1v) is 10.9. The van der Waals surface area contributed by atoms with Crippen LogP contribution in [0.3, 0.4) is 0 Å². The van der Waals surface area contributed by atoms with Gasteiger partial charge in [-0.2, -0.15) is 0 Å². The summed E-state index contributed by atoms with van der Waals surface area (Å²) in [6.45, 7) is 3.52. The summed E-state index contributed by atoms with van der Waals surface area (Å²) in [5, 5.41) is 4.05. The molecule has 2 aromatic rings. The van der Waals surface area contributed by atoms with Crippen LogP contribution in [0.5, 0.6) is 0 Å². The van der Waals surface area contributed by atoms with Crippen LogP contribution in [0.1, 0.15) is 45.4 Å². The first-order chi connectivity index (χ1) is 12.6. The van der Waals surface area contributed by atoms with Crippen molar-refractivity contribution >= 4 is 44.5 Å². The van der Waals surface area contributed by atoms with Crippen LogP contribution in [0.4, 0.5) is 0 Å². The van der Waals surface area contributed by atoms with Crippen molar-refractivity contribution in [1.29, 1.82) is 0 Å². The van der Waals surface area contributed by atoms with E-state index in [4.69, 9.17) is 4.98 Å². The van der Waals surface area contributed by atoms with Crippen molar-refractivity contribution in [2.75, 3.05) is 6.54 Å². The van der Waals surface area contributed by atoms with E-state index in [2.05, 4.69) is 28.2 Å². The van der Waals surface area contributed by atoms with Crippen LogP contribution in [0.2, 0.25) is 0 Å². The fraction of sp³-hybridized carbons (Fsp3) is 0.526. The Kier molecular flexibility index (Phi) is 6.75. The summed E-state index contributed by atoms with van der Waals surface area (Å²) in [5.74, 6) is 0.0535. The number of benzene rings is 1. The van der Waals surface area contributed by atoms with Crippen LogP contribution in [0.15, 0.2) is 32.6 Å². The molecule has 1 saturated heterocycles. The number of carbonyl (C=O) groups excluding carboxylic acids is 1. The van der Waals surface area contributed by atoms with E-state index < -0.39 is 0 Å². The van der Waals surface area contributed by atoms with E-state index in [9.17, 15) is 9.59 Å². The first-order valence-electron chi connectivity index (χ1n) is 9.24. The molecule has 0 bridgehead atoms. The second-order valence-corrected chi connectivity index (χ2v) is 8.70. The Labute approximate surface area is 166 Å². The van der Waals surface area contributed by atoms with Gasteiger partial charge < -0.3 is 5.32 Å². The van der Waals surface area contributed by atoms with Crippen LogP contribution in [0.25, 0.3) is 10.9 Å². The molecule has 1 amide bonds. The van der Waals surface area contributed by atoms with Gasteiger partial charge in [0.15, 0.2) is 5.16 Å². The summed E-state index contributed by atoms with van der Waals surface area (Å²) in [4.78, 5) is 30.1. The van der Waals surface area contributed by atoms with E-state index in [1.165, 1.54) is 11.8 Å². The van der Waals surface area contributed by atoms with Crippen LogP contribution >= 0.6 is 27.7 Å². The van der Waals surface area contributed by atoms with Gasteiger partial charge in [-0.3, -0.25) is 14.2 Å². The highest BCUT2D eigenvalue weighted by molar-refractivity contribution is 9.10. The average Bonchev–Trinajstić information content (AvgIpc) is 2.83. The van der Waals surface area contributed by atoms with Crippen LogP contribution < -0.4 is 10.9 Å². The van der Waals surface area contributed by atoms with Crippen molar-refractivity contribution in [2.45, 2.75) is 62.4 Å². The lowest BCUT2D eigenvalue weighted by Gasteiger charge is -2.17. The average molecular weight is 438 g/mol. The molecule has 2 heterocycles. The van der Waals surface area contributed by atoms with Crippen molar-refractivity contribution in [3.8, 4) is 0 Å². The molecule has 0 aliphatic carbocycles. The molecule has 140 valence electrons. The van der Waals surface area contributed by atoms with Crippen molar-refractivity contribution in [3.63, 3.8) is 0 Å². The minimum Gasteiger partial charge on any atom is -0.355 e. The van der Waals surface area contributed by atoms with E-state index in [-0.39, 0.29) is 16.7 Å². The number of hydrogen-bond donors (Lipinski definition) is 1.